The first-order chi connectivity index (χ1) is 21.9. The van der Waals surface area contributed by atoms with Crippen molar-refractivity contribution < 1.29 is 32.6 Å². The Morgan fingerprint density at radius 2 is 2.00 bits per heavy atom. The maximum Gasteiger partial charge on any atom is 0.330 e. The fraction of sp³-hybridized carbons (Fsp3) is 0.515. The first-order valence-corrected chi connectivity index (χ1v) is 18.2. The van der Waals surface area contributed by atoms with Crippen LogP contribution in [0.4, 0.5) is 0 Å². The number of methoxy groups -OCH3 is 1. The van der Waals surface area contributed by atoms with Crippen molar-refractivity contribution in [3.8, 4) is 22.2 Å². The number of carboxylic acid groups (broad SMARTS) is 1. The van der Waals surface area contributed by atoms with Gasteiger partial charge in [-0.05, 0) is 50.7 Å². The van der Waals surface area contributed by atoms with Crippen LogP contribution in [0.15, 0.2) is 35.7 Å². The van der Waals surface area contributed by atoms with Gasteiger partial charge in [0.05, 0.1) is 30.6 Å². The number of aliphatic carboxylic acids is 1. The molecule has 13 heteroatoms. The zero-order chi connectivity index (χ0) is 32.8. The van der Waals surface area contributed by atoms with Gasteiger partial charge in [0, 0.05) is 34.7 Å². The van der Waals surface area contributed by atoms with Gasteiger partial charge in [-0.1, -0.05) is 32.4 Å². The van der Waals surface area contributed by atoms with Gasteiger partial charge >= 0.3 is 5.97 Å². The van der Waals surface area contributed by atoms with Gasteiger partial charge in [0.25, 0.3) is 0 Å². The smallest absolute Gasteiger partial charge is 0.330 e. The molecule has 1 aliphatic carbocycles. The molecule has 0 unspecified atom stereocenters. The van der Waals surface area contributed by atoms with E-state index < -0.39 is 39.6 Å². The second kappa shape index (κ2) is 12.6. The minimum atomic E-state index is -3.84. The maximum absolute atomic E-state index is 13.7. The summed E-state index contributed by atoms with van der Waals surface area (Å²) in [6.45, 7) is 6.04. The molecule has 46 heavy (non-hydrogen) atoms. The lowest BCUT2D eigenvalue weighted by Gasteiger charge is -2.25. The average Bonchev–Trinajstić information content (AvgIpc) is 3.33. The van der Waals surface area contributed by atoms with Gasteiger partial charge in [0.2, 0.25) is 15.9 Å². The largest absolute Gasteiger partial charge is 0.496 e. The third-order valence-electron chi connectivity index (χ3n) is 9.25. The summed E-state index contributed by atoms with van der Waals surface area (Å²) < 4.78 is 40.7. The number of carbonyl (C=O) groups excluding carboxylic acids is 1. The molecular weight excluding hydrogens is 629 g/mol. The minimum absolute atomic E-state index is 0.0349. The third kappa shape index (κ3) is 6.12. The number of aryl methyl sites for hydroxylation is 1. The number of benzene rings is 1. The molecule has 1 saturated heterocycles. The molecule has 1 saturated carbocycles. The molecule has 11 nitrogen and oxygen atoms in total. The molecule has 246 valence electrons. The normalized spacial score (nSPS) is 27.3. The number of carboxylic acids is 1. The Labute approximate surface area is 273 Å². The predicted octanol–water partition coefficient (Wildman–Crippen LogP) is 5.04. The molecule has 2 aromatic heterocycles. The van der Waals surface area contributed by atoms with E-state index in [2.05, 4.69) is 19.2 Å². The van der Waals surface area contributed by atoms with Crippen LogP contribution in [0.2, 0.25) is 0 Å². The number of hydrogen-bond donors (Lipinski definition) is 2. The molecule has 2 aliphatic heterocycles. The zero-order valence-electron chi connectivity index (χ0n) is 26.5. The van der Waals surface area contributed by atoms with E-state index in [0.717, 1.165) is 34.5 Å². The highest BCUT2D eigenvalue weighted by atomic mass is 32.2. The number of amides is 1. The Morgan fingerprint density at radius 3 is 2.72 bits per heavy atom. The van der Waals surface area contributed by atoms with Crippen molar-refractivity contribution in [3.63, 3.8) is 0 Å². The molecule has 6 rings (SSSR count). The molecule has 0 spiro atoms. The summed E-state index contributed by atoms with van der Waals surface area (Å²) >= 11 is 1.49. The summed E-state index contributed by atoms with van der Waals surface area (Å²) in [6, 6.07) is 4.42. The van der Waals surface area contributed by atoms with E-state index in [9.17, 15) is 23.1 Å². The molecule has 1 aromatic carbocycles. The van der Waals surface area contributed by atoms with Crippen LogP contribution in [-0.4, -0.2) is 76.8 Å². The maximum atomic E-state index is 13.7. The van der Waals surface area contributed by atoms with Gasteiger partial charge in [0.15, 0.2) is 0 Å². The van der Waals surface area contributed by atoms with E-state index in [4.69, 9.17) is 19.4 Å². The Balaban J connectivity index is 1.36. The lowest BCUT2D eigenvalue weighted by molar-refractivity contribution is -0.144. The number of sulfonamides is 1. The monoisotopic (exact) mass is 668 g/mol. The molecule has 2 fully saturated rings. The number of nitrogens with zero attached hydrogens (tertiary/aromatic N) is 3. The number of hydrogen-bond acceptors (Lipinski definition) is 9. The van der Waals surface area contributed by atoms with Crippen LogP contribution in [0, 0.1) is 12.8 Å². The molecule has 4 heterocycles. The van der Waals surface area contributed by atoms with E-state index in [1.165, 1.54) is 15.6 Å². The Morgan fingerprint density at radius 1 is 1.20 bits per heavy atom. The molecule has 0 radical (unpaired) electrons. The van der Waals surface area contributed by atoms with Gasteiger partial charge in [-0.15, -0.1) is 11.3 Å². The van der Waals surface area contributed by atoms with E-state index >= 15 is 0 Å². The Hall–Kier alpha value is -3.55. The average molecular weight is 669 g/mol. The Kier molecular flexibility index (Phi) is 8.85. The first kappa shape index (κ1) is 32.4. The van der Waals surface area contributed by atoms with Crippen molar-refractivity contribution in [1.29, 1.82) is 0 Å². The fourth-order valence-corrected chi connectivity index (χ4v) is 9.13. The van der Waals surface area contributed by atoms with Crippen molar-refractivity contribution in [1.82, 2.24) is 19.6 Å². The van der Waals surface area contributed by atoms with Crippen molar-refractivity contribution >= 4 is 44.1 Å². The van der Waals surface area contributed by atoms with E-state index in [-0.39, 0.29) is 37.0 Å². The van der Waals surface area contributed by atoms with Crippen LogP contribution < -0.4 is 14.8 Å². The zero-order valence-corrected chi connectivity index (χ0v) is 28.1. The number of fused-ring (bicyclic) bond motifs is 3. The van der Waals surface area contributed by atoms with Gasteiger partial charge in [-0.2, -0.15) is 4.31 Å². The SMILES string of the molecule is COc1ccc2c(O[C@@H]3C[C@H]4C(=O)N[C@]5(C(=O)O)C[C@H]5/C=C\CCCCCS(=O)(=O)N4C3)cc(-c3nc(C(C)C)cs3)nc2c1C. The first-order valence-electron chi connectivity index (χ1n) is 15.8. The van der Waals surface area contributed by atoms with E-state index in [0.29, 0.717) is 35.6 Å². The van der Waals surface area contributed by atoms with Crippen molar-refractivity contribution in [2.75, 3.05) is 19.4 Å². The molecule has 0 bridgehead atoms. The minimum Gasteiger partial charge on any atom is -0.496 e. The number of pyridine rings is 1. The molecular formula is C33H40N4O7S2. The van der Waals surface area contributed by atoms with Crippen LogP contribution in [0.5, 0.6) is 11.5 Å². The molecule has 4 atom stereocenters. The number of thiazole rings is 1. The number of rotatable bonds is 6. The quantitative estimate of drug-likeness (QED) is 0.345. The number of nitrogens with one attached hydrogen (secondary N) is 1. The summed E-state index contributed by atoms with van der Waals surface area (Å²) in [5.74, 6) is -0.747. The van der Waals surface area contributed by atoms with Crippen molar-refractivity contribution in [2.24, 2.45) is 5.92 Å². The van der Waals surface area contributed by atoms with Crippen LogP contribution in [0.1, 0.15) is 69.5 Å². The summed E-state index contributed by atoms with van der Waals surface area (Å²) in [4.78, 5) is 35.8. The number of ether oxygens (including phenoxy) is 2. The Bertz CT molecular complexity index is 1800. The van der Waals surface area contributed by atoms with Crippen molar-refractivity contribution in [2.45, 2.75) is 82.9 Å². The van der Waals surface area contributed by atoms with E-state index in [1.54, 1.807) is 7.11 Å². The summed E-state index contributed by atoms with van der Waals surface area (Å²) in [5, 5.41) is 16.2. The number of carbonyl (C=O) groups is 2. The number of allylic oxidation sites excluding steroid dienone is 1. The number of aromatic nitrogens is 2. The lowest BCUT2D eigenvalue weighted by atomic mass is 10.1. The summed E-state index contributed by atoms with van der Waals surface area (Å²) in [7, 11) is -2.24. The molecule has 1 amide bonds. The molecule has 3 aromatic rings. The van der Waals surface area contributed by atoms with E-state index in [1.807, 2.05) is 42.7 Å². The van der Waals surface area contributed by atoms with Gasteiger partial charge in [-0.25, -0.2) is 23.2 Å². The molecule has 2 N–H and O–H groups in total. The highest BCUT2D eigenvalue weighted by molar-refractivity contribution is 7.89. The predicted molar refractivity (Wildman–Crippen MR) is 176 cm³/mol. The molecule has 3 aliphatic rings. The van der Waals surface area contributed by atoms with Gasteiger partial charge in [-0.3, -0.25) is 4.79 Å². The topological polar surface area (TPSA) is 148 Å². The summed E-state index contributed by atoms with van der Waals surface area (Å²) in [5.41, 5.74) is 1.65. The van der Waals surface area contributed by atoms with Crippen LogP contribution >= 0.6 is 11.3 Å². The van der Waals surface area contributed by atoms with Gasteiger partial charge in [0.1, 0.15) is 39.9 Å². The lowest BCUT2D eigenvalue weighted by Crippen LogP contribution is -2.53. The van der Waals surface area contributed by atoms with Crippen LogP contribution in [-0.2, 0) is 19.6 Å². The van der Waals surface area contributed by atoms with Crippen LogP contribution in [0.3, 0.4) is 0 Å². The second-order valence-corrected chi connectivity index (χ2v) is 15.7. The highest BCUT2D eigenvalue weighted by Crippen LogP contribution is 2.46. The third-order valence-corrected chi connectivity index (χ3v) is 12.1. The fourth-order valence-electron chi connectivity index (χ4n) is 6.42. The second-order valence-electron chi connectivity index (χ2n) is 12.8. The summed E-state index contributed by atoms with van der Waals surface area (Å²) in [6.07, 6.45) is 6.21. The standard InChI is InChI=1S/C33H40N4O7S2/c1-19(2)25-18-45-31(35-25)24-15-28(23-11-12-27(43-4)20(3)29(23)34-24)44-22-14-26-30(38)36-33(32(39)40)16-21(33)10-8-6-5-7-9-13-46(41,42)37(26)17-22/h8,10-12,15,18-19,21-22,26H,5-7,9,13-14,16-17H2,1-4H3,(H,36,38)(H,39,40)/b10-8-/t21-,22-,26+,33-/m1/s1. The highest BCUT2D eigenvalue weighted by Gasteiger charge is 2.61. The van der Waals surface area contributed by atoms with Gasteiger partial charge < -0.3 is 19.9 Å². The van der Waals surface area contributed by atoms with Crippen LogP contribution in [0.25, 0.3) is 21.6 Å². The van der Waals surface area contributed by atoms with Crippen molar-refractivity contribution in [3.05, 3.63) is 47.0 Å².